The smallest absolute Gasteiger partial charge is 0.335 e. The number of carboxylic acid groups (broad SMARTS) is 1. The van der Waals surface area contributed by atoms with E-state index in [4.69, 9.17) is 14.6 Å². The van der Waals surface area contributed by atoms with Crippen LogP contribution in [0.3, 0.4) is 0 Å². The fourth-order valence-electron chi connectivity index (χ4n) is 2.29. The Labute approximate surface area is 127 Å². The SMILES string of the molecule is O=C(O)c1ccc(CCC(=O)c2ccc3c(c2)OCO3)cc1. The number of rotatable bonds is 5. The summed E-state index contributed by atoms with van der Waals surface area (Å²) in [6.07, 6.45) is 0.916. The normalized spacial score (nSPS) is 12.2. The molecule has 0 atom stereocenters. The van der Waals surface area contributed by atoms with Gasteiger partial charge in [-0.1, -0.05) is 12.1 Å². The highest BCUT2D eigenvalue weighted by molar-refractivity contribution is 5.96. The number of hydrogen-bond acceptors (Lipinski definition) is 4. The number of ketones is 1. The second-order valence-electron chi connectivity index (χ2n) is 4.99. The predicted molar refractivity (Wildman–Crippen MR) is 78.6 cm³/mol. The number of hydrogen-bond donors (Lipinski definition) is 1. The van der Waals surface area contributed by atoms with Gasteiger partial charge in [-0.05, 0) is 42.3 Å². The molecule has 0 unspecified atom stereocenters. The highest BCUT2D eigenvalue weighted by atomic mass is 16.7. The van der Waals surface area contributed by atoms with Crippen molar-refractivity contribution in [3.8, 4) is 11.5 Å². The Bertz CT molecular complexity index is 718. The lowest BCUT2D eigenvalue weighted by molar-refractivity contribution is 0.0696. The lowest BCUT2D eigenvalue weighted by Crippen LogP contribution is -2.02. The van der Waals surface area contributed by atoms with Crippen molar-refractivity contribution in [3.63, 3.8) is 0 Å². The highest BCUT2D eigenvalue weighted by Crippen LogP contribution is 2.32. The molecule has 3 rings (SSSR count). The molecule has 0 amide bonds. The molecule has 2 aromatic carbocycles. The minimum Gasteiger partial charge on any atom is -0.478 e. The maximum Gasteiger partial charge on any atom is 0.335 e. The number of aryl methyl sites for hydroxylation is 1. The van der Waals surface area contributed by atoms with Crippen molar-refractivity contribution < 1.29 is 24.2 Å². The molecule has 0 aliphatic carbocycles. The van der Waals surface area contributed by atoms with Gasteiger partial charge in [0.2, 0.25) is 6.79 Å². The van der Waals surface area contributed by atoms with Crippen LogP contribution in [0.1, 0.15) is 32.7 Å². The van der Waals surface area contributed by atoms with Gasteiger partial charge in [-0.3, -0.25) is 4.79 Å². The number of ether oxygens (including phenoxy) is 2. The maximum absolute atomic E-state index is 12.2. The van der Waals surface area contributed by atoms with Crippen LogP contribution >= 0.6 is 0 Å². The van der Waals surface area contributed by atoms with E-state index in [1.807, 2.05) is 0 Å². The highest BCUT2D eigenvalue weighted by Gasteiger charge is 2.16. The van der Waals surface area contributed by atoms with Gasteiger partial charge in [0.25, 0.3) is 0 Å². The molecule has 112 valence electrons. The molecule has 1 N–H and O–H groups in total. The summed E-state index contributed by atoms with van der Waals surface area (Å²) in [5, 5.41) is 8.84. The Morgan fingerprint density at radius 3 is 2.36 bits per heavy atom. The van der Waals surface area contributed by atoms with Gasteiger partial charge in [-0.25, -0.2) is 4.79 Å². The lowest BCUT2D eigenvalue weighted by atomic mass is 10.0. The van der Waals surface area contributed by atoms with E-state index < -0.39 is 5.97 Å². The van der Waals surface area contributed by atoms with E-state index in [2.05, 4.69) is 0 Å². The number of aromatic carboxylic acids is 1. The predicted octanol–water partition coefficient (Wildman–Crippen LogP) is 2.93. The molecule has 1 aliphatic rings. The van der Waals surface area contributed by atoms with E-state index in [1.54, 1.807) is 42.5 Å². The number of Topliss-reactive ketones (excluding diaryl/α,β-unsaturated/α-hetero) is 1. The fraction of sp³-hybridized carbons (Fsp3) is 0.176. The van der Waals surface area contributed by atoms with E-state index in [1.165, 1.54) is 0 Å². The van der Waals surface area contributed by atoms with E-state index >= 15 is 0 Å². The quantitative estimate of drug-likeness (QED) is 0.859. The van der Waals surface area contributed by atoms with Crippen LogP contribution in [-0.2, 0) is 6.42 Å². The van der Waals surface area contributed by atoms with Gasteiger partial charge in [0, 0.05) is 12.0 Å². The average Bonchev–Trinajstić information content (AvgIpc) is 3.00. The number of fused-ring (bicyclic) bond motifs is 1. The molecule has 2 aromatic rings. The molecule has 0 aromatic heterocycles. The zero-order chi connectivity index (χ0) is 15.5. The van der Waals surface area contributed by atoms with Gasteiger partial charge in [-0.15, -0.1) is 0 Å². The van der Waals surface area contributed by atoms with Gasteiger partial charge < -0.3 is 14.6 Å². The van der Waals surface area contributed by atoms with Crippen LogP contribution in [-0.4, -0.2) is 23.7 Å². The summed E-state index contributed by atoms with van der Waals surface area (Å²) in [5.74, 6) is 0.307. The molecular formula is C17H14O5. The van der Waals surface area contributed by atoms with Crippen molar-refractivity contribution in [2.75, 3.05) is 6.79 Å². The van der Waals surface area contributed by atoms with Gasteiger partial charge in [-0.2, -0.15) is 0 Å². The van der Waals surface area contributed by atoms with Crippen LogP contribution in [0, 0.1) is 0 Å². The summed E-state index contributed by atoms with van der Waals surface area (Å²) >= 11 is 0. The summed E-state index contributed by atoms with van der Waals surface area (Å²) in [7, 11) is 0. The Morgan fingerprint density at radius 2 is 1.64 bits per heavy atom. The van der Waals surface area contributed by atoms with Crippen LogP contribution in [0.5, 0.6) is 11.5 Å². The Morgan fingerprint density at radius 1 is 0.955 bits per heavy atom. The van der Waals surface area contributed by atoms with Crippen molar-refractivity contribution in [2.45, 2.75) is 12.8 Å². The first-order chi connectivity index (χ1) is 10.6. The van der Waals surface area contributed by atoms with Crippen molar-refractivity contribution in [1.29, 1.82) is 0 Å². The van der Waals surface area contributed by atoms with Crippen LogP contribution in [0.15, 0.2) is 42.5 Å². The first-order valence-corrected chi connectivity index (χ1v) is 6.88. The summed E-state index contributed by atoms with van der Waals surface area (Å²) in [6.45, 7) is 0.183. The number of carboxylic acids is 1. The molecule has 0 saturated carbocycles. The number of benzene rings is 2. The molecule has 1 aliphatic heterocycles. The second kappa shape index (κ2) is 5.89. The Hall–Kier alpha value is -2.82. The first kappa shape index (κ1) is 14.1. The third kappa shape index (κ3) is 2.93. The monoisotopic (exact) mass is 298 g/mol. The molecule has 0 bridgehead atoms. The topological polar surface area (TPSA) is 72.8 Å². The average molecular weight is 298 g/mol. The lowest BCUT2D eigenvalue weighted by Gasteiger charge is -2.04. The fourth-order valence-corrected chi connectivity index (χ4v) is 2.29. The third-order valence-electron chi connectivity index (χ3n) is 3.54. The molecule has 0 radical (unpaired) electrons. The number of carbonyl (C=O) groups is 2. The largest absolute Gasteiger partial charge is 0.478 e. The Balaban J connectivity index is 1.63. The summed E-state index contributed by atoms with van der Waals surface area (Å²) in [5.41, 5.74) is 1.76. The van der Waals surface area contributed by atoms with E-state index in [0.29, 0.717) is 29.9 Å². The molecule has 0 saturated heterocycles. The van der Waals surface area contributed by atoms with Crippen LogP contribution in [0.25, 0.3) is 0 Å². The summed E-state index contributed by atoms with van der Waals surface area (Å²) in [6, 6.07) is 11.7. The zero-order valence-corrected chi connectivity index (χ0v) is 11.7. The third-order valence-corrected chi connectivity index (χ3v) is 3.54. The second-order valence-corrected chi connectivity index (χ2v) is 4.99. The van der Waals surface area contributed by atoms with Gasteiger partial charge in [0.1, 0.15) is 0 Å². The van der Waals surface area contributed by atoms with Gasteiger partial charge in [0.15, 0.2) is 17.3 Å². The summed E-state index contributed by atoms with van der Waals surface area (Å²) in [4.78, 5) is 23.0. The van der Waals surface area contributed by atoms with Gasteiger partial charge in [0.05, 0.1) is 5.56 Å². The molecule has 1 heterocycles. The maximum atomic E-state index is 12.2. The minimum absolute atomic E-state index is 0.0145. The van der Waals surface area contributed by atoms with Crippen LogP contribution in [0.4, 0.5) is 0 Å². The Kier molecular flexibility index (Phi) is 3.78. The van der Waals surface area contributed by atoms with Crippen molar-refractivity contribution in [3.05, 3.63) is 59.2 Å². The van der Waals surface area contributed by atoms with Crippen LogP contribution < -0.4 is 9.47 Å². The molecule has 0 fully saturated rings. The van der Waals surface area contributed by atoms with E-state index in [-0.39, 0.29) is 18.1 Å². The first-order valence-electron chi connectivity index (χ1n) is 6.88. The molecule has 22 heavy (non-hydrogen) atoms. The van der Waals surface area contributed by atoms with Crippen LogP contribution in [0.2, 0.25) is 0 Å². The van der Waals surface area contributed by atoms with E-state index in [9.17, 15) is 9.59 Å². The number of carbonyl (C=O) groups excluding carboxylic acids is 1. The summed E-state index contributed by atoms with van der Waals surface area (Å²) < 4.78 is 10.5. The van der Waals surface area contributed by atoms with Crippen molar-refractivity contribution in [1.82, 2.24) is 0 Å². The molecule has 5 heteroatoms. The van der Waals surface area contributed by atoms with Crippen molar-refractivity contribution in [2.24, 2.45) is 0 Å². The van der Waals surface area contributed by atoms with Crippen molar-refractivity contribution >= 4 is 11.8 Å². The van der Waals surface area contributed by atoms with E-state index in [0.717, 1.165) is 5.56 Å². The molecule has 0 spiro atoms. The minimum atomic E-state index is -0.956. The molecule has 5 nitrogen and oxygen atoms in total. The standard InChI is InChI=1S/C17H14O5/c18-14(13-6-8-15-16(9-13)22-10-21-15)7-3-11-1-4-12(5-2-11)17(19)20/h1-2,4-6,8-9H,3,7,10H2,(H,19,20). The van der Waals surface area contributed by atoms with Gasteiger partial charge >= 0.3 is 5.97 Å². The molecular weight excluding hydrogens is 284 g/mol. The zero-order valence-electron chi connectivity index (χ0n) is 11.7.